The molecule has 3 aliphatic heterocycles. The van der Waals surface area contributed by atoms with E-state index in [1.807, 2.05) is 73.7 Å². The number of benzene rings is 4. The lowest BCUT2D eigenvalue weighted by molar-refractivity contribution is -0.151. The van der Waals surface area contributed by atoms with Crippen molar-refractivity contribution in [1.82, 2.24) is 4.90 Å². The molecule has 3 amide bonds. The van der Waals surface area contributed by atoms with Crippen LogP contribution >= 0.6 is 0 Å². The fourth-order valence-electron chi connectivity index (χ4n) is 8.46. The van der Waals surface area contributed by atoms with Gasteiger partial charge in [-0.15, -0.1) is 0 Å². The molecule has 1 saturated heterocycles. The number of nitrogens with zero attached hydrogens (tertiary/aromatic N) is 2. The Morgan fingerprint density at radius 1 is 1.00 bits per heavy atom. The number of fused-ring (bicyclic) bond motifs is 3. The molecule has 9 nitrogen and oxygen atoms in total. The van der Waals surface area contributed by atoms with Crippen molar-refractivity contribution in [1.29, 1.82) is 0 Å². The summed E-state index contributed by atoms with van der Waals surface area (Å²) >= 11 is 0. The third kappa shape index (κ3) is 6.23. The van der Waals surface area contributed by atoms with Gasteiger partial charge in [0.15, 0.2) is 5.60 Å². The topological polar surface area (TPSA) is 125 Å². The maximum Gasteiger partial charge on any atom is 0.264 e. The lowest BCUT2D eigenvalue weighted by Gasteiger charge is -2.37. The largest absolute Gasteiger partial charge is 0.399 e. The Labute approximate surface area is 298 Å². The number of carbonyl (C=O) groups is 3. The third-order valence-corrected chi connectivity index (χ3v) is 13.3. The highest BCUT2D eigenvalue weighted by Crippen LogP contribution is 2.60. The van der Waals surface area contributed by atoms with Crippen LogP contribution in [-0.2, 0) is 39.4 Å². The van der Waals surface area contributed by atoms with Crippen LogP contribution in [0, 0.1) is 5.92 Å². The van der Waals surface area contributed by atoms with Crippen LogP contribution in [0.1, 0.15) is 46.0 Å². The van der Waals surface area contributed by atoms with E-state index in [2.05, 4.69) is 5.32 Å². The van der Waals surface area contributed by atoms with E-state index in [9.17, 15) is 19.5 Å². The molecule has 3 aliphatic rings. The van der Waals surface area contributed by atoms with Gasteiger partial charge >= 0.3 is 0 Å². The van der Waals surface area contributed by atoms with Crippen LogP contribution in [-0.4, -0.2) is 54.9 Å². The molecule has 0 saturated carbocycles. The first-order chi connectivity index (χ1) is 24.4. The molecule has 264 valence electrons. The number of aliphatic hydroxyl groups is 1. The Balaban J connectivity index is 1.16. The zero-order chi connectivity index (χ0) is 36.1. The highest BCUT2D eigenvalue weighted by atomic mass is 28.4. The van der Waals surface area contributed by atoms with Gasteiger partial charge in [0.1, 0.15) is 0 Å². The fourth-order valence-corrected chi connectivity index (χ4v) is 11.0. The summed E-state index contributed by atoms with van der Waals surface area (Å²) in [6, 6.07) is 28.9. The minimum Gasteiger partial charge on any atom is -0.399 e. The Morgan fingerprint density at radius 3 is 2.43 bits per heavy atom. The molecule has 1 fully saturated rings. The number of carbonyl (C=O) groups excluding carboxylic acids is 3. The molecule has 4 N–H and O–H groups in total. The Hall–Kier alpha value is -4.84. The first kappa shape index (κ1) is 34.6. The van der Waals surface area contributed by atoms with Crippen molar-refractivity contribution in [2.75, 3.05) is 22.6 Å². The van der Waals surface area contributed by atoms with Gasteiger partial charge in [-0.1, -0.05) is 61.5 Å². The summed E-state index contributed by atoms with van der Waals surface area (Å²) < 4.78 is 23.3. The van der Waals surface area contributed by atoms with Crippen molar-refractivity contribution in [2.24, 2.45) is 5.92 Å². The van der Waals surface area contributed by atoms with Gasteiger partial charge in [0.25, 0.3) is 11.8 Å². The molecular formula is C40H43FN4O5Si. The fraction of sp³-hybridized carbons (Fsp3) is 0.325. The van der Waals surface area contributed by atoms with E-state index >= 15 is 4.11 Å². The molecule has 0 aromatic heterocycles. The highest BCUT2D eigenvalue weighted by Gasteiger charge is 2.67. The lowest BCUT2D eigenvalue weighted by Crippen LogP contribution is -2.48. The minimum absolute atomic E-state index is 0.0963. The third-order valence-electron chi connectivity index (χ3n) is 10.8. The second-order valence-electron chi connectivity index (χ2n) is 14.5. The van der Waals surface area contributed by atoms with E-state index < -0.39 is 37.6 Å². The first-order valence-electron chi connectivity index (χ1n) is 17.4. The number of aliphatic hydroxyl groups excluding tert-OH is 1. The molecule has 5 atom stereocenters. The summed E-state index contributed by atoms with van der Waals surface area (Å²) in [7, 11) is -3.51. The maximum atomic E-state index is 16.4. The molecule has 11 heteroatoms. The summed E-state index contributed by atoms with van der Waals surface area (Å²) in [6.07, 6.45) is -0.398. The van der Waals surface area contributed by atoms with Crippen LogP contribution in [0.25, 0.3) is 0 Å². The Bertz CT molecular complexity index is 1980. The first-order valence-corrected chi connectivity index (χ1v) is 20.4. The van der Waals surface area contributed by atoms with E-state index in [0.29, 0.717) is 41.2 Å². The highest BCUT2D eigenvalue weighted by molar-refractivity contribution is 6.72. The van der Waals surface area contributed by atoms with E-state index in [1.165, 1.54) is 0 Å². The van der Waals surface area contributed by atoms with Crippen LogP contribution in [0.4, 0.5) is 21.2 Å². The van der Waals surface area contributed by atoms with Gasteiger partial charge in [-0.05, 0) is 78.7 Å². The number of amides is 3. The second kappa shape index (κ2) is 13.4. The predicted octanol–water partition coefficient (Wildman–Crippen LogP) is 6.18. The monoisotopic (exact) mass is 706 g/mol. The van der Waals surface area contributed by atoms with Crippen molar-refractivity contribution in [3.8, 4) is 0 Å². The zero-order valence-corrected chi connectivity index (χ0v) is 30.0. The van der Waals surface area contributed by atoms with Crippen molar-refractivity contribution >= 4 is 43.2 Å². The number of ether oxygens (including phenoxy) is 1. The van der Waals surface area contributed by atoms with Crippen molar-refractivity contribution in [2.45, 2.75) is 69.2 Å². The number of nitrogen functional groups attached to an aromatic ring is 1. The number of halogens is 1. The number of para-hydroxylation sites is 1. The summed E-state index contributed by atoms with van der Waals surface area (Å²) in [6.45, 7) is 5.47. The molecule has 3 heterocycles. The van der Waals surface area contributed by atoms with E-state index in [0.717, 1.165) is 16.7 Å². The van der Waals surface area contributed by atoms with Crippen LogP contribution < -0.4 is 16.0 Å². The van der Waals surface area contributed by atoms with Crippen molar-refractivity contribution in [3.05, 3.63) is 125 Å². The quantitative estimate of drug-likeness (QED) is 0.114. The summed E-state index contributed by atoms with van der Waals surface area (Å²) in [5, 5.41) is 13.2. The number of hydrogen-bond donors (Lipinski definition) is 3. The number of rotatable bonds is 8. The maximum absolute atomic E-state index is 16.4. The number of hydrogen-bond acceptors (Lipinski definition) is 6. The van der Waals surface area contributed by atoms with Crippen molar-refractivity contribution < 1.29 is 28.3 Å². The van der Waals surface area contributed by atoms with Gasteiger partial charge in [-0.3, -0.25) is 14.4 Å². The van der Waals surface area contributed by atoms with E-state index in [4.69, 9.17) is 10.5 Å². The van der Waals surface area contributed by atoms with E-state index in [1.54, 1.807) is 53.2 Å². The van der Waals surface area contributed by atoms with Gasteiger partial charge in [0, 0.05) is 40.5 Å². The molecule has 4 aromatic rings. The van der Waals surface area contributed by atoms with Gasteiger partial charge in [-0.25, -0.2) is 0 Å². The molecule has 7 rings (SSSR count). The van der Waals surface area contributed by atoms with E-state index in [-0.39, 0.29) is 37.3 Å². The van der Waals surface area contributed by atoms with Gasteiger partial charge in [-0.2, -0.15) is 0 Å². The van der Waals surface area contributed by atoms with Crippen molar-refractivity contribution in [3.63, 3.8) is 0 Å². The average Bonchev–Trinajstić information content (AvgIpc) is 3.54. The SMILES string of the molecule is C[C@@H]1[C@@H]([Si](C)(C)F)[C@H](CC(=O)N2Cc3ccccc3C[C@H]2CO)O[C@@]12C(=O)N(Cc1cccc(NC(=O)c3ccc(N)cc3)c1)c1ccccc12. The smallest absolute Gasteiger partial charge is 0.264 e. The summed E-state index contributed by atoms with van der Waals surface area (Å²) in [5.74, 6) is -1.37. The number of nitrogens with two attached hydrogens (primary N) is 1. The molecule has 4 aromatic carbocycles. The van der Waals surface area contributed by atoms with Gasteiger partial charge < -0.3 is 34.8 Å². The lowest BCUT2D eigenvalue weighted by atomic mass is 9.82. The zero-order valence-electron chi connectivity index (χ0n) is 29.0. The standard InChI is InChI=1S/C40H43FN4O5Si/c1-25-37(51(2,3)41)35(21-36(47)44-23-29-11-5-4-10-28(29)20-32(44)24-46)50-40(25)33-13-6-7-14-34(33)45(39(40)49)22-26-9-8-12-31(19-26)43-38(48)27-15-17-30(42)18-16-27/h4-19,25,32,35,37,46H,20-24,42H2,1-3H3,(H,43,48)/t25-,32+,35+,37-,40+/m1/s1. The number of anilines is 3. The van der Waals surface area contributed by atoms with Gasteiger partial charge in [0.2, 0.25) is 14.3 Å². The minimum atomic E-state index is -3.51. The van der Waals surface area contributed by atoms with Crippen LogP contribution in [0.5, 0.6) is 0 Å². The molecule has 0 bridgehead atoms. The average molecular weight is 707 g/mol. The van der Waals surface area contributed by atoms with Crippen LogP contribution in [0.15, 0.2) is 97.1 Å². The van der Waals surface area contributed by atoms with Gasteiger partial charge in [0.05, 0.1) is 37.4 Å². The van der Waals surface area contributed by atoms with Crippen LogP contribution in [0.3, 0.4) is 0 Å². The molecule has 0 radical (unpaired) electrons. The molecule has 0 aliphatic carbocycles. The normalized spacial score (nSPS) is 24.1. The predicted molar refractivity (Wildman–Crippen MR) is 197 cm³/mol. The molecular weight excluding hydrogens is 664 g/mol. The molecule has 1 spiro atoms. The Kier molecular flexibility index (Phi) is 9.07. The molecule has 51 heavy (non-hydrogen) atoms. The Morgan fingerprint density at radius 2 is 1.71 bits per heavy atom. The van der Waals surface area contributed by atoms with Crippen LogP contribution in [0.2, 0.25) is 18.6 Å². The summed E-state index contributed by atoms with van der Waals surface area (Å²) in [4.78, 5) is 45.1. The number of nitrogens with one attached hydrogen (secondary N) is 1. The molecule has 0 unspecified atom stereocenters. The summed E-state index contributed by atoms with van der Waals surface area (Å²) in [5.41, 5.74) is 9.48. The second-order valence-corrected chi connectivity index (χ2v) is 18.3.